The van der Waals surface area contributed by atoms with Crippen molar-refractivity contribution in [2.24, 2.45) is 5.73 Å². The summed E-state index contributed by atoms with van der Waals surface area (Å²) in [6, 6.07) is 5.83. The van der Waals surface area contributed by atoms with Crippen LogP contribution in [0.2, 0.25) is 5.02 Å². The van der Waals surface area contributed by atoms with Gasteiger partial charge in [-0.25, -0.2) is 0 Å². The maximum Gasteiger partial charge on any atom is 0.248 e. The van der Waals surface area contributed by atoms with E-state index in [0.717, 1.165) is 17.4 Å². The van der Waals surface area contributed by atoms with Crippen molar-refractivity contribution in [2.75, 3.05) is 6.26 Å². The van der Waals surface area contributed by atoms with E-state index in [1.807, 2.05) is 17.8 Å². The van der Waals surface area contributed by atoms with Gasteiger partial charge in [-0.1, -0.05) is 17.7 Å². The summed E-state index contributed by atoms with van der Waals surface area (Å²) >= 11 is 8.16. The Labute approximate surface area is 129 Å². The molecular formula is C15H21ClN2OS. The highest BCUT2D eigenvalue weighted by molar-refractivity contribution is 7.99. The third kappa shape index (κ3) is 4.14. The number of hydrogen-bond acceptors (Lipinski definition) is 3. The third-order valence-corrected chi connectivity index (χ3v) is 5.42. The van der Waals surface area contributed by atoms with Crippen LogP contribution in [0.4, 0.5) is 0 Å². The molecule has 20 heavy (non-hydrogen) atoms. The molecule has 0 unspecified atom stereocenters. The number of thioether (sulfide) groups is 1. The SMILES string of the molecule is CSC1CCC(NCc2ccc(C(N)=O)cc2Cl)CC1. The fourth-order valence-corrected chi connectivity index (χ4v) is 3.59. The highest BCUT2D eigenvalue weighted by Crippen LogP contribution is 2.27. The van der Waals surface area contributed by atoms with Crippen molar-refractivity contribution in [3.63, 3.8) is 0 Å². The van der Waals surface area contributed by atoms with E-state index in [1.165, 1.54) is 25.7 Å². The van der Waals surface area contributed by atoms with Gasteiger partial charge in [0.1, 0.15) is 0 Å². The van der Waals surface area contributed by atoms with E-state index in [9.17, 15) is 4.79 Å². The number of rotatable bonds is 5. The molecule has 1 aromatic carbocycles. The lowest BCUT2D eigenvalue weighted by molar-refractivity contribution is 0.100. The molecule has 0 radical (unpaired) electrons. The average Bonchev–Trinajstić information content (AvgIpc) is 2.46. The van der Waals surface area contributed by atoms with E-state index < -0.39 is 5.91 Å². The Hall–Kier alpha value is -0.710. The number of halogens is 1. The summed E-state index contributed by atoms with van der Waals surface area (Å²) in [5, 5.41) is 4.99. The number of hydrogen-bond donors (Lipinski definition) is 2. The summed E-state index contributed by atoms with van der Waals surface area (Å²) in [5.74, 6) is -0.443. The van der Waals surface area contributed by atoms with Crippen LogP contribution < -0.4 is 11.1 Å². The minimum atomic E-state index is -0.443. The summed E-state index contributed by atoms with van der Waals surface area (Å²) in [6.45, 7) is 0.743. The van der Waals surface area contributed by atoms with Crippen molar-refractivity contribution < 1.29 is 4.79 Å². The van der Waals surface area contributed by atoms with Gasteiger partial charge < -0.3 is 11.1 Å². The predicted molar refractivity (Wildman–Crippen MR) is 86.4 cm³/mol. The second-order valence-corrected chi connectivity index (χ2v) is 6.81. The third-order valence-electron chi connectivity index (χ3n) is 3.93. The van der Waals surface area contributed by atoms with E-state index >= 15 is 0 Å². The maximum atomic E-state index is 11.1. The molecule has 1 saturated carbocycles. The quantitative estimate of drug-likeness (QED) is 0.878. The Bertz CT molecular complexity index is 473. The van der Waals surface area contributed by atoms with Gasteiger partial charge in [0.15, 0.2) is 0 Å². The first-order chi connectivity index (χ1) is 9.60. The smallest absolute Gasteiger partial charge is 0.248 e. The molecule has 0 aliphatic heterocycles. The van der Waals surface area contributed by atoms with Crippen molar-refractivity contribution in [1.29, 1.82) is 0 Å². The van der Waals surface area contributed by atoms with Crippen LogP contribution in [0.1, 0.15) is 41.6 Å². The molecule has 0 heterocycles. The summed E-state index contributed by atoms with van der Waals surface area (Å²) in [6.07, 6.45) is 7.21. The van der Waals surface area contributed by atoms with Crippen molar-refractivity contribution >= 4 is 29.3 Å². The first kappa shape index (κ1) is 15.7. The second-order valence-electron chi connectivity index (χ2n) is 5.26. The van der Waals surface area contributed by atoms with Gasteiger partial charge in [0.2, 0.25) is 5.91 Å². The molecule has 1 aromatic rings. The number of carbonyl (C=O) groups excluding carboxylic acids is 1. The van der Waals surface area contributed by atoms with Gasteiger partial charge in [0.25, 0.3) is 0 Å². The van der Waals surface area contributed by atoms with Crippen molar-refractivity contribution in [2.45, 2.75) is 43.5 Å². The first-order valence-corrected chi connectivity index (χ1v) is 8.61. The lowest BCUT2D eigenvalue weighted by Gasteiger charge is -2.28. The van der Waals surface area contributed by atoms with E-state index in [-0.39, 0.29) is 0 Å². The molecule has 1 amide bonds. The van der Waals surface area contributed by atoms with Gasteiger partial charge in [0, 0.05) is 28.4 Å². The molecule has 0 spiro atoms. The molecule has 110 valence electrons. The summed E-state index contributed by atoms with van der Waals surface area (Å²) in [5.41, 5.74) is 6.71. The summed E-state index contributed by atoms with van der Waals surface area (Å²) in [4.78, 5) is 11.1. The van der Waals surface area contributed by atoms with Crippen molar-refractivity contribution in [3.8, 4) is 0 Å². The monoisotopic (exact) mass is 312 g/mol. The fraction of sp³-hybridized carbons (Fsp3) is 0.533. The van der Waals surface area contributed by atoms with E-state index in [0.29, 0.717) is 16.6 Å². The van der Waals surface area contributed by atoms with Crippen LogP contribution >= 0.6 is 23.4 Å². The lowest BCUT2D eigenvalue weighted by atomic mass is 9.95. The Morgan fingerprint density at radius 2 is 2.10 bits per heavy atom. The Balaban J connectivity index is 1.87. The van der Waals surface area contributed by atoms with E-state index in [2.05, 4.69) is 11.6 Å². The minimum absolute atomic E-state index is 0.443. The van der Waals surface area contributed by atoms with Gasteiger partial charge in [-0.3, -0.25) is 4.79 Å². The number of amides is 1. The normalized spacial score (nSPS) is 22.7. The Morgan fingerprint density at radius 1 is 1.40 bits per heavy atom. The maximum absolute atomic E-state index is 11.1. The van der Waals surface area contributed by atoms with Crippen LogP contribution in [-0.2, 0) is 6.54 Å². The van der Waals surface area contributed by atoms with Crippen molar-refractivity contribution in [1.82, 2.24) is 5.32 Å². The zero-order valence-corrected chi connectivity index (χ0v) is 13.3. The van der Waals surface area contributed by atoms with Crippen LogP contribution in [0, 0.1) is 0 Å². The lowest BCUT2D eigenvalue weighted by Crippen LogP contribution is -2.33. The molecule has 1 aliphatic rings. The molecule has 0 saturated heterocycles. The van der Waals surface area contributed by atoms with Gasteiger partial charge in [-0.05, 0) is 49.6 Å². The van der Waals surface area contributed by atoms with E-state index in [1.54, 1.807) is 12.1 Å². The van der Waals surface area contributed by atoms with Gasteiger partial charge >= 0.3 is 0 Å². The largest absolute Gasteiger partial charge is 0.366 e. The number of carbonyl (C=O) groups is 1. The molecule has 0 atom stereocenters. The van der Waals surface area contributed by atoms with Crippen LogP contribution in [0.3, 0.4) is 0 Å². The summed E-state index contributed by atoms with van der Waals surface area (Å²) in [7, 11) is 0. The Kier molecular flexibility index (Phi) is 5.75. The standard InChI is InChI=1S/C15H21ClN2OS/c1-20-13-6-4-12(5-7-13)18-9-11-3-2-10(15(17)19)8-14(11)16/h2-3,8,12-13,18H,4-7,9H2,1H3,(H2,17,19). The molecular weight excluding hydrogens is 292 g/mol. The van der Waals surface area contributed by atoms with Crippen LogP contribution in [-0.4, -0.2) is 23.5 Å². The second kappa shape index (κ2) is 7.34. The number of primary amides is 1. The van der Waals surface area contributed by atoms with Crippen LogP contribution in [0.15, 0.2) is 18.2 Å². The van der Waals surface area contributed by atoms with E-state index in [4.69, 9.17) is 17.3 Å². The fourth-order valence-electron chi connectivity index (χ4n) is 2.60. The van der Waals surface area contributed by atoms with Crippen LogP contribution in [0.25, 0.3) is 0 Å². The highest BCUT2D eigenvalue weighted by atomic mass is 35.5. The minimum Gasteiger partial charge on any atom is -0.366 e. The number of nitrogens with two attached hydrogens (primary N) is 1. The highest BCUT2D eigenvalue weighted by Gasteiger charge is 2.20. The molecule has 3 nitrogen and oxygen atoms in total. The first-order valence-electron chi connectivity index (χ1n) is 6.94. The molecule has 2 rings (SSSR count). The van der Waals surface area contributed by atoms with Gasteiger partial charge in [-0.15, -0.1) is 0 Å². The topological polar surface area (TPSA) is 55.1 Å². The molecule has 0 aromatic heterocycles. The molecule has 3 N–H and O–H groups in total. The predicted octanol–water partition coefficient (Wildman–Crippen LogP) is 3.20. The molecule has 1 fully saturated rings. The van der Waals surface area contributed by atoms with Crippen LogP contribution in [0.5, 0.6) is 0 Å². The van der Waals surface area contributed by atoms with Gasteiger partial charge in [-0.2, -0.15) is 11.8 Å². The molecule has 1 aliphatic carbocycles. The zero-order chi connectivity index (χ0) is 14.5. The Morgan fingerprint density at radius 3 is 2.65 bits per heavy atom. The molecule has 0 bridgehead atoms. The summed E-state index contributed by atoms with van der Waals surface area (Å²) < 4.78 is 0. The number of nitrogens with one attached hydrogen (secondary N) is 1. The molecule has 5 heteroatoms. The van der Waals surface area contributed by atoms with Gasteiger partial charge in [0.05, 0.1) is 0 Å². The zero-order valence-electron chi connectivity index (χ0n) is 11.7. The average molecular weight is 313 g/mol. The van der Waals surface area contributed by atoms with Crippen molar-refractivity contribution in [3.05, 3.63) is 34.3 Å². The number of benzene rings is 1.